The van der Waals surface area contributed by atoms with Crippen LogP contribution in [0.4, 0.5) is 4.39 Å². The lowest BCUT2D eigenvalue weighted by Gasteiger charge is -2.13. The zero-order valence-electron chi connectivity index (χ0n) is 9.00. The van der Waals surface area contributed by atoms with E-state index in [0.29, 0.717) is 24.3 Å². The van der Waals surface area contributed by atoms with Crippen LogP contribution >= 0.6 is 15.9 Å². The van der Waals surface area contributed by atoms with Crippen LogP contribution in [0.25, 0.3) is 0 Å². The van der Waals surface area contributed by atoms with Crippen molar-refractivity contribution in [1.82, 2.24) is 0 Å². The molecule has 3 heteroatoms. The van der Waals surface area contributed by atoms with Gasteiger partial charge in [-0.25, -0.2) is 4.39 Å². The van der Waals surface area contributed by atoms with Gasteiger partial charge in [0.25, 0.3) is 0 Å². The highest BCUT2D eigenvalue weighted by atomic mass is 79.9. The molecule has 0 aliphatic rings. The van der Waals surface area contributed by atoms with Gasteiger partial charge < -0.3 is 5.11 Å². The fourth-order valence-corrected chi connectivity index (χ4v) is 2.06. The Balaban J connectivity index is 2.64. The van der Waals surface area contributed by atoms with Gasteiger partial charge in [0.2, 0.25) is 0 Å². The predicted octanol–water partition coefficient (Wildman–Crippen LogP) is 3.54. The maximum atomic E-state index is 13.5. The van der Waals surface area contributed by atoms with Crippen LogP contribution in [-0.2, 0) is 6.42 Å². The van der Waals surface area contributed by atoms with Crippen molar-refractivity contribution in [2.45, 2.75) is 32.8 Å². The Labute approximate surface area is 98.4 Å². The van der Waals surface area contributed by atoms with Crippen molar-refractivity contribution in [3.63, 3.8) is 0 Å². The summed E-state index contributed by atoms with van der Waals surface area (Å²) in [6.07, 6.45) is 1.05. The summed E-state index contributed by atoms with van der Waals surface area (Å²) in [4.78, 5) is 0. The molecule has 0 fully saturated rings. The molecule has 0 radical (unpaired) electrons. The van der Waals surface area contributed by atoms with Crippen LogP contribution in [0.3, 0.4) is 0 Å². The molecule has 15 heavy (non-hydrogen) atoms. The molecular formula is C12H16BrFO. The first kappa shape index (κ1) is 12.7. The average molecular weight is 275 g/mol. The molecule has 0 bridgehead atoms. The fourth-order valence-electron chi connectivity index (χ4n) is 1.73. The van der Waals surface area contributed by atoms with E-state index in [1.807, 2.05) is 13.0 Å². The van der Waals surface area contributed by atoms with Gasteiger partial charge in [-0.05, 0) is 43.4 Å². The molecular weight excluding hydrogens is 259 g/mol. The third-order valence-corrected chi connectivity index (χ3v) is 2.82. The molecule has 0 spiro atoms. The van der Waals surface area contributed by atoms with Crippen molar-refractivity contribution >= 4 is 15.9 Å². The van der Waals surface area contributed by atoms with E-state index < -0.39 is 0 Å². The zero-order valence-corrected chi connectivity index (χ0v) is 10.6. The van der Waals surface area contributed by atoms with Crippen molar-refractivity contribution in [3.05, 3.63) is 34.1 Å². The predicted molar refractivity (Wildman–Crippen MR) is 63.3 cm³/mol. The van der Waals surface area contributed by atoms with Crippen molar-refractivity contribution < 1.29 is 9.50 Å². The highest BCUT2D eigenvalue weighted by Gasteiger charge is 2.10. The third kappa shape index (κ3) is 4.31. The van der Waals surface area contributed by atoms with Crippen LogP contribution in [0.2, 0.25) is 0 Å². The van der Waals surface area contributed by atoms with Gasteiger partial charge in [-0.15, -0.1) is 0 Å². The maximum Gasteiger partial charge on any atom is 0.127 e. The number of halogens is 2. The van der Waals surface area contributed by atoms with Gasteiger partial charge >= 0.3 is 0 Å². The molecule has 0 heterocycles. The van der Waals surface area contributed by atoms with E-state index in [0.717, 1.165) is 4.47 Å². The average Bonchev–Trinajstić information content (AvgIpc) is 2.08. The summed E-state index contributed by atoms with van der Waals surface area (Å²) in [5.74, 6) is 0.113. The van der Waals surface area contributed by atoms with Crippen molar-refractivity contribution in [2.24, 2.45) is 5.92 Å². The molecule has 2 atom stereocenters. The molecule has 0 aromatic heterocycles. The van der Waals surface area contributed by atoms with E-state index in [1.165, 1.54) is 6.07 Å². The molecule has 0 amide bonds. The molecule has 1 aromatic rings. The van der Waals surface area contributed by atoms with Gasteiger partial charge in [0.15, 0.2) is 0 Å². The van der Waals surface area contributed by atoms with Crippen molar-refractivity contribution in [3.8, 4) is 0 Å². The van der Waals surface area contributed by atoms with E-state index in [9.17, 15) is 9.50 Å². The Morgan fingerprint density at radius 2 is 2.07 bits per heavy atom. The lowest BCUT2D eigenvalue weighted by molar-refractivity contribution is 0.164. The molecule has 0 saturated heterocycles. The summed E-state index contributed by atoms with van der Waals surface area (Å²) in [7, 11) is 0. The second-order valence-corrected chi connectivity index (χ2v) is 5.05. The number of hydrogen-bond donors (Lipinski definition) is 1. The van der Waals surface area contributed by atoms with Crippen LogP contribution < -0.4 is 0 Å². The SMILES string of the molecule is CC(O)CC(C)Cc1ccc(Br)cc1F. The summed E-state index contributed by atoms with van der Waals surface area (Å²) < 4.78 is 14.2. The zero-order chi connectivity index (χ0) is 11.4. The summed E-state index contributed by atoms with van der Waals surface area (Å²) in [5.41, 5.74) is 0.714. The Bertz CT molecular complexity index is 325. The lowest BCUT2D eigenvalue weighted by Crippen LogP contribution is -2.10. The van der Waals surface area contributed by atoms with Gasteiger partial charge in [-0.2, -0.15) is 0 Å². The maximum absolute atomic E-state index is 13.5. The topological polar surface area (TPSA) is 20.2 Å². The second kappa shape index (κ2) is 5.61. The smallest absolute Gasteiger partial charge is 0.127 e. The lowest BCUT2D eigenvalue weighted by atomic mass is 9.96. The van der Waals surface area contributed by atoms with E-state index >= 15 is 0 Å². The largest absolute Gasteiger partial charge is 0.393 e. The minimum absolute atomic E-state index is 0.179. The molecule has 84 valence electrons. The first-order valence-corrected chi connectivity index (χ1v) is 5.90. The van der Waals surface area contributed by atoms with Gasteiger partial charge in [0, 0.05) is 4.47 Å². The minimum Gasteiger partial charge on any atom is -0.393 e. The highest BCUT2D eigenvalue weighted by molar-refractivity contribution is 9.10. The van der Waals surface area contributed by atoms with Crippen LogP contribution in [0, 0.1) is 11.7 Å². The number of hydrogen-bond acceptors (Lipinski definition) is 1. The number of aliphatic hydroxyl groups is 1. The summed E-state index contributed by atoms with van der Waals surface area (Å²) >= 11 is 3.22. The van der Waals surface area contributed by atoms with Crippen LogP contribution in [0.15, 0.2) is 22.7 Å². The molecule has 1 nitrogen and oxygen atoms in total. The molecule has 1 N–H and O–H groups in total. The van der Waals surface area contributed by atoms with Crippen LogP contribution in [0.1, 0.15) is 25.8 Å². The standard InChI is InChI=1S/C12H16BrFO/c1-8(5-9(2)15)6-10-3-4-11(13)7-12(10)14/h3-4,7-9,15H,5-6H2,1-2H3. The van der Waals surface area contributed by atoms with Gasteiger partial charge in [0.05, 0.1) is 6.10 Å². The summed E-state index contributed by atoms with van der Waals surface area (Å²) in [6.45, 7) is 3.78. The van der Waals surface area contributed by atoms with Gasteiger partial charge in [0.1, 0.15) is 5.82 Å². The molecule has 1 rings (SSSR count). The Hall–Kier alpha value is -0.410. The number of aliphatic hydroxyl groups excluding tert-OH is 1. The first-order chi connectivity index (χ1) is 6.99. The molecule has 2 unspecified atom stereocenters. The van der Waals surface area contributed by atoms with E-state index in [2.05, 4.69) is 15.9 Å². The molecule has 0 aliphatic heterocycles. The van der Waals surface area contributed by atoms with Crippen molar-refractivity contribution in [1.29, 1.82) is 0 Å². The second-order valence-electron chi connectivity index (χ2n) is 4.13. The van der Waals surface area contributed by atoms with Crippen LogP contribution in [0.5, 0.6) is 0 Å². The molecule has 0 saturated carbocycles. The molecule has 0 aliphatic carbocycles. The van der Waals surface area contributed by atoms with E-state index in [4.69, 9.17) is 0 Å². The summed E-state index contributed by atoms with van der Waals surface area (Å²) in [5, 5.41) is 9.21. The normalized spacial score (nSPS) is 15.0. The fraction of sp³-hybridized carbons (Fsp3) is 0.500. The Kier molecular flexibility index (Phi) is 4.74. The minimum atomic E-state index is -0.321. The first-order valence-electron chi connectivity index (χ1n) is 5.11. The third-order valence-electron chi connectivity index (χ3n) is 2.33. The highest BCUT2D eigenvalue weighted by Crippen LogP contribution is 2.20. The van der Waals surface area contributed by atoms with E-state index in [-0.39, 0.29) is 11.9 Å². The van der Waals surface area contributed by atoms with Crippen LogP contribution in [-0.4, -0.2) is 11.2 Å². The summed E-state index contributed by atoms with van der Waals surface area (Å²) in [6, 6.07) is 5.11. The molecule has 1 aromatic carbocycles. The van der Waals surface area contributed by atoms with E-state index in [1.54, 1.807) is 13.0 Å². The Morgan fingerprint density at radius 1 is 1.40 bits per heavy atom. The quantitative estimate of drug-likeness (QED) is 0.891. The number of benzene rings is 1. The number of rotatable bonds is 4. The van der Waals surface area contributed by atoms with Gasteiger partial charge in [-0.1, -0.05) is 28.9 Å². The van der Waals surface area contributed by atoms with Gasteiger partial charge in [-0.3, -0.25) is 0 Å². The Morgan fingerprint density at radius 3 is 2.60 bits per heavy atom. The monoisotopic (exact) mass is 274 g/mol. The van der Waals surface area contributed by atoms with Crippen molar-refractivity contribution in [2.75, 3.05) is 0 Å².